The van der Waals surface area contributed by atoms with Gasteiger partial charge in [0.05, 0.1) is 12.1 Å². The van der Waals surface area contributed by atoms with Crippen molar-refractivity contribution in [2.75, 3.05) is 13.1 Å². The SMILES string of the molecule is CCc1noc(C)c1[C@@H]1CCCN1CCC(=O)O. The lowest BCUT2D eigenvalue weighted by molar-refractivity contribution is -0.137. The fourth-order valence-corrected chi connectivity index (χ4v) is 2.77. The molecule has 1 atom stereocenters. The highest BCUT2D eigenvalue weighted by molar-refractivity contribution is 5.66. The fraction of sp³-hybridized carbons (Fsp3) is 0.692. The molecular formula is C13H20N2O3. The van der Waals surface area contributed by atoms with E-state index in [-0.39, 0.29) is 12.5 Å². The standard InChI is InChI=1S/C13H20N2O3/c1-3-10-13(9(2)18-14-10)11-5-4-7-15(11)8-6-12(16)17/h11H,3-8H2,1-2H3,(H,16,17)/t11-/m0/s1. The molecule has 1 saturated heterocycles. The minimum absolute atomic E-state index is 0.197. The van der Waals surface area contributed by atoms with Gasteiger partial charge in [-0.3, -0.25) is 9.69 Å². The second kappa shape index (κ2) is 5.52. The zero-order chi connectivity index (χ0) is 13.1. The van der Waals surface area contributed by atoms with Crippen LogP contribution in [0.25, 0.3) is 0 Å². The highest BCUT2D eigenvalue weighted by Gasteiger charge is 2.31. The van der Waals surface area contributed by atoms with Gasteiger partial charge in [0.15, 0.2) is 0 Å². The van der Waals surface area contributed by atoms with Crippen LogP contribution in [0.4, 0.5) is 0 Å². The number of nitrogens with zero attached hydrogens (tertiary/aromatic N) is 2. The predicted molar refractivity (Wildman–Crippen MR) is 66.4 cm³/mol. The van der Waals surface area contributed by atoms with Gasteiger partial charge in [-0.05, 0) is 32.7 Å². The Morgan fingerprint density at radius 2 is 2.39 bits per heavy atom. The van der Waals surface area contributed by atoms with Crippen molar-refractivity contribution in [3.8, 4) is 0 Å². The van der Waals surface area contributed by atoms with Crippen LogP contribution in [-0.4, -0.2) is 34.2 Å². The number of carboxylic acids is 1. The monoisotopic (exact) mass is 252 g/mol. The molecule has 0 aliphatic carbocycles. The van der Waals surface area contributed by atoms with Crippen LogP contribution in [0.2, 0.25) is 0 Å². The van der Waals surface area contributed by atoms with Crippen molar-refractivity contribution in [1.29, 1.82) is 0 Å². The number of aryl methyl sites for hydroxylation is 2. The van der Waals surface area contributed by atoms with Crippen LogP contribution in [0.15, 0.2) is 4.52 Å². The lowest BCUT2D eigenvalue weighted by atomic mass is 10.0. The zero-order valence-corrected chi connectivity index (χ0v) is 11.0. The van der Waals surface area contributed by atoms with E-state index in [1.165, 1.54) is 5.56 Å². The number of hydrogen-bond donors (Lipinski definition) is 1. The van der Waals surface area contributed by atoms with Crippen molar-refractivity contribution >= 4 is 5.97 Å². The molecule has 1 aliphatic heterocycles. The molecule has 1 aromatic heterocycles. The number of aliphatic carboxylic acids is 1. The minimum atomic E-state index is -0.738. The summed E-state index contributed by atoms with van der Waals surface area (Å²) >= 11 is 0. The summed E-state index contributed by atoms with van der Waals surface area (Å²) in [5.41, 5.74) is 2.19. The molecule has 0 aromatic carbocycles. The van der Waals surface area contributed by atoms with Gasteiger partial charge in [0.1, 0.15) is 5.76 Å². The van der Waals surface area contributed by atoms with Gasteiger partial charge in [0.25, 0.3) is 0 Å². The largest absolute Gasteiger partial charge is 0.481 e. The van der Waals surface area contributed by atoms with Gasteiger partial charge in [-0.25, -0.2) is 0 Å². The second-order valence-corrected chi connectivity index (χ2v) is 4.79. The third kappa shape index (κ3) is 2.56. The first kappa shape index (κ1) is 13.1. The Kier molecular flexibility index (Phi) is 4.01. The first-order valence-electron chi connectivity index (χ1n) is 6.54. The molecule has 0 radical (unpaired) electrons. The number of likely N-dealkylation sites (tertiary alicyclic amines) is 1. The number of aromatic nitrogens is 1. The van der Waals surface area contributed by atoms with Crippen molar-refractivity contribution in [3.05, 3.63) is 17.0 Å². The van der Waals surface area contributed by atoms with E-state index in [0.29, 0.717) is 6.54 Å². The summed E-state index contributed by atoms with van der Waals surface area (Å²) in [4.78, 5) is 12.9. The van der Waals surface area contributed by atoms with Crippen LogP contribution in [0.1, 0.15) is 49.2 Å². The average molecular weight is 252 g/mol. The van der Waals surface area contributed by atoms with E-state index in [0.717, 1.165) is 37.3 Å². The maximum absolute atomic E-state index is 10.7. The summed E-state index contributed by atoms with van der Waals surface area (Å²) < 4.78 is 5.28. The van der Waals surface area contributed by atoms with Gasteiger partial charge in [-0.15, -0.1) is 0 Å². The molecule has 0 bridgehead atoms. The van der Waals surface area contributed by atoms with E-state index in [1.54, 1.807) is 0 Å². The molecule has 0 saturated carbocycles. The second-order valence-electron chi connectivity index (χ2n) is 4.79. The van der Waals surface area contributed by atoms with Crippen molar-refractivity contribution in [3.63, 3.8) is 0 Å². The summed E-state index contributed by atoms with van der Waals surface area (Å²) in [6.07, 6.45) is 3.23. The average Bonchev–Trinajstić information content (AvgIpc) is 2.91. The van der Waals surface area contributed by atoms with E-state index < -0.39 is 5.97 Å². The van der Waals surface area contributed by atoms with E-state index in [9.17, 15) is 4.79 Å². The Balaban J connectivity index is 2.15. The summed E-state index contributed by atoms with van der Waals surface area (Å²) in [5, 5.41) is 12.9. The molecule has 5 nitrogen and oxygen atoms in total. The van der Waals surface area contributed by atoms with Crippen LogP contribution >= 0.6 is 0 Å². The van der Waals surface area contributed by atoms with Crippen molar-refractivity contribution < 1.29 is 14.4 Å². The summed E-state index contributed by atoms with van der Waals surface area (Å²) in [7, 11) is 0. The predicted octanol–water partition coefficient (Wildman–Crippen LogP) is 2.16. The van der Waals surface area contributed by atoms with Crippen molar-refractivity contribution in [2.24, 2.45) is 0 Å². The van der Waals surface area contributed by atoms with Gasteiger partial charge in [0, 0.05) is 18.2 Å². The molecule has 0 amide bonds. The minimum Gasteiger partial charge on any atom is -0.481 e. The third-order valence-electron chi connectivity index (χ3n) is 3.63. The molecule has 0 spiro atoms. The normalized spacial score (nSPS) is 20.4. The highest BCUT2D eigenvalue weighted by atomic mass is 16.5. The molecule has 5 heteroatoms. The maximum Gasteiger partial charge on any atom is 0.304 e. The topological polar surface area (TPSA) is 66.6 Å². The van der Waals surface area contributed by atoms with E-state index >= 15 is 0 Å². The Morgan fingerprint density at radius 3 is 3.06 bits per heavy atom. The molecule has 2 rings (SSSR count). The quantitative estimate of drug-likeness (QED) is 0.869. The lowest BCUT2D eigenvalue weighted by Gasteiger charge is -2.23. The molecular weight excluding hydrogens is 232 g/mol. The van der Waals surface area contributed by atoms with Gasteiger partial charge < -0.3 is 9.63 Å². The Morgan fingerprint density at radius 1 is 1.61 bits per heavy atom. The Hall–Kier alpha value is -1.36. The maximum atomic E-state index is 10.7. The van der Waals surface area contributed by atoms with Crippen LogP contribution in [-0.2, 0) is 11.2 Å². The fourth-order valence-electron chi connectivity index (χ4n) is 2.77. The summed E-state index contributed by atoms with van der Waals surface area (Å²) in [6, 6.07) is 0.283. The van der Waals surface area contributed by atoms with Crippen LogP contribution in [0.5, 0.6) is 0 Å². The van der Waals surface area contributed by atoms with Crippen molar-refractivity contribution in [1.82, 2.24) is 10.1 Å². The van der Waals surface area contributed by atoms with E-state index in [2.05, 4.69) is 17.0 Å². The Bertz CT molecular complexity index is 428. The lowest BCUT2D eigenvalue weighted by Crippen LogP contribution is -2.26. The summed E-state index contributed by atoms with van der Waals surface area (Å²) in [5.74, 6) is 0.137. The molecule has 100 valence electrons. The number of carboxylic acid groups (broad SMARTS) is 1. The van der Waals surface area contributed by atoms with Crippen LogP contribution < -0.4 is 0 Å². The van der Waals surface area contributed by atoms with Gasteiger partial charge in [-0.1, -0.05) is 12.1 Å². The molecule has 2 heterocycles. The van der Waals surface area contributed by atoms with Crippen molar-refractivity contribution in [2.45, 2.75) is 45.6 Å². The van der Waals surface area contributed by atoms with Gasteiger partial charge >= 0.3 is 5.97 Å². The van der Waals surface area contributed by atoms with Gasteiger partial charge in [0.2, 0.25) is 0 Å². The molecule has 1 fully saturated rings. The number of hydrogen-bond acceptors (Lipinski definition) is 4. The third-order valence-corrected chi connectivity index (χ3v) is 3.63. The smallest absolute Gasteiger partial charge is 0.304 e. The molecule has 0 unspecified atom stereocenters. The molecule has 18 heavy (non-hydrogen) atoms. The summed E-state index contributed by atoms with van der Waals surface area (Å²) in [6.45, 7) is 5.58. The van der Waals surface area contributed by atoms with Crippen LogP contribution in [0.3, 0.4) is 0 Å². The number of rotatable bonds is 5. The number of carbonyl (C=O) groups is 1. The van der Waals surface area contributed by atoms with Crippen LogP contribution in [0, 0.1) is 6.92 Å². The highest BCUT2D eigenvalue weighted by Crippen LogP contribution is 2.35. The van der Waals surface area contributed by atoms with E-state index in [4.69, 9.17) is 9.63 Å². The van der Waals surface area contributed by atoms with Gasteiger partial charge in [-0.2, -0.15) is 0 Å². The first-order chi connectivity index (χ1) is 8.63. The Labute approximate surface area is 107 Å². The molecule has 1 aliphatic rings. The molecule has 1 N–H and O–H groups in total. The zero-order valence-electron chi connectivity index (χ0n) is 11.0. The first-order valence-corrected chi connectivity index (χ1v) is 6.54. The van der Waals surface area contributed by atoms with E-state index in [1.807, 2.05) is 6.92 Å². The molecule has 1 aromatic rings.